The van der Waals surface area contributed by atoms with Crippen LogP contribution in [0, 0.1) is 0 Å². The van der Waals surface area contributed by atoms with Crippen molar-refractivity contribution in [1.29, 1.82) is 0 Å². The Bertz CT molecular complexity index is 385. The van der Waals surface area contributed by atoms with Crippen molar-refractivity contribution in [3.63, 3.8) is 0 Å². The topological polar surface area (TPSA) is 195 Å². The highest BCUT2D eigenvalue weighted by molar-refractivity contribution is 4.95. The molecule has 2 rings (SSSR count). The van der Waals surface area contributed by atoms with Gasteiger partial charge in [0.1, 0.15) is 42.7 Å². The molecular weight excluding hydrogens is 318 g/mol. The van der Waals surface area contributed by atoms with Crippen LogP contribution in [0.3, 0.4) is 0 Å². The van der Waals surface area contributed by atoms with Gasteiger partial charge in [0, 0.05) is 0 Å². The van der Waals surface area contributed by atoms with Gasteiger partial charge < -0.3 is 55.7 Å². The van der Waals surface area contributed by atoms with Crippen LogP contribution in [-0.4, -0.2) is 110 Å². The zero-order valence-electron chi connectivity index (χ0n) is 12.1. The van der Waals surface area contributed by atoms with E-state index in [1.165, 1.54) is 0 Å². The molecule has 10 atom stereocenters. The van der Waals surface area contributed by atoms with Crippen LogP contribution >= 0.6 is 0 Å². The molecule has 0 aromatic carbocycles. The Labute approximate surface area is 131 Å². The summed E-state index contributed by atoms with van der Waals surface area (Å²) < 4.78 is 15.4. The fraction of sp³-hybridized carbons (Fsp3) is 1.00. The number of aliphatic hydroxyl groups excluding tert-OH is 7. The zero-order valence-corrected chi connectivity index (χ0v) is 12.1. The molecular formula is C12H23NO10. The van der Waals surface area contributed by atoms with E-state index in [1.807, 2.05) is 0 Å². The lowest BCUT2D eigenvalue weighted by Crippen LogP contribution is -2.66. The van der Waals surface area contributed by atoms with E-state index in [2.05, 4.69) is 0 Å². The van der Waals surface area contributed by atoms with Gasteiger partial charge in [-0.15, -0.1) is 0 Å². The van der Waals surface area contributed by atoms with Gasteiger partial charge in [-0.2, -0.15) is 0 Å². The summed E-state index contributed by atoms with van der Waals surface area (Å²) in [7, 11) is 0. The summed E-state index contributed by atoms with van der Waals surface area (Å²) in [6.07, 6.45) is -13.0. The first-order valence-corrected chi connectivity index (χ1v) is 7.15. The van der Waals surface area contributed by atoms with Crippen molar-refractivity contribution in [2.45, 2.75) is 61.3 Å². The molecule has 0 unspecified atom stereocenters. The molecule has 2 fully saturated rings. The number of rotatable bonds is 4. The second-order valence-electron chi connectivity index (χ2n) is 5.61. The van der Waals surface area contributed by atoms with Gasteiger partial charge >= 0.3 is 0 Å². The molecule has 23 heavy (non-hydrogen) atoms. The number of hydrogen-bond donors (Lipinski definition) is 8. The summed E-state index contributed by atoms with van der Waals surface area (Å²) in [5.41, 5.74) is 5.69. The van der Waals surface area contributed by atoms with E-state index >= 15 is 0 Å². The van der Waals surface area contributed by atoms with Crippen molar-refractivity contribution in [2.24, 2.45) is 5.73 Å². The highest BCUT2D eigenvalue weighted by Crippen LogP contribution is 2.27. The van der Waals surface area contributed by atoms with Crippen LogP contribution in [0.15, 0.2) is 0 Å². The predicted octanol–water partition coefficient (Wildman–Crippen LogP) is -5.43. The van der Waals surface area contributed by atoms with Crippen LogP contribution in [0.5, 0.6) is 0 Å². The van der Waals surface area contributed by atoms with E-state index in [1.54, 1.807) is 0 Å². The van der Waals surface area contributed by atoms with Crippen LogP contribution in [-0.2, 0) is 14.2 Å². The molecule has 9 N–H and O–H groups in total. The highest BCUT2D eigenvalue weighted by atomic mass is 16.7. The molecule has 11 nitrogen and oxygen atoms in total. The van der Waals surface area contributed by atoms with Crippen LogP contribution in [0.1, 0.15) is 0 Å². The number of ether oxygens (including phenoxy) is 3. The summed E-state index contributed by atoms with van der Waals surface area (Å²) in [6.45, 7) is -1.26. The molecule has 2 heterocycles. The number of hydrogen-bond acceptors (Lipinski definition) is 11. The van der Waals surface area contributed by atoms with Crippen molar-refractivity contribution in [1.82, 2.24) is 0 Å². The largest absolute Gasteiger partial charge is 0.394 e. The van der Waals surface area contributed by atoms with Gasteiger partial charge in [0.2, 0.25) is 0 Å². The normalized spacial score (nSPS) is 51.7. The fourth-order valence-electron chi connectivity index (χ4n) is 2.61. The zero-order chi connectivity index (χ0) is 17.3. The lowest BCUT2D eigenvalue weighted by Gasteiger charge is -2.45. The van der Waals surface area contributed by atoms with Gasteiger partial charge in [0.15, 0.2) is 12.6 Å². The average Bonchev–Trinajstić information content (AvgIpc) is 2.54. The SMILES string of the molecule is N[C@H]1[C@H](O[C@@H]2[C@@H](O)[C@@H](O)O[C@H](CO)[C@@H]2O)O[C@H](CO)[C@H](O)[C@@H]1O. The summed E-state index contributed by atoms with van der Waals surface area (Å²) >= 11 is 0. The third-order valence-corrected chi connectivity index (χ3v) is 4.06. The third-order valence-electron chi connectivity index (χ3n) is 4.06. The molecule has 0 radical (unpaired) electrons. The molecule has 0 aromatic rings. The number of nitrogens with two attached hydrogens (primary N) is 1. The Balaban J connectivity index is 2.11. The van der Waals surface area contributed by atoms with Crippen molar-refractivity contribution < 1.29 is 50.0 Å². The Kier molecular flexibility index (Phi) is 6.27. The molecule has 2 aliphatic rings. The Hall–Kier alpha value is -0.440. The van der Waals surface area contributed by atoms with Gasteiger partial charge in [-0.05, 0) is 0 Å². The Morgan fingerprint density at radius 1 is 0.783 bits per heavy atom. The minimum absolute atomic E-state index is 0.619. The van der Waals surface area contributed by atoms with Gasteiger partial charge in [0.05, 0.1) is 19.3 Å². The quantitative estimate of drug-likeness (QED) is 0.243. The van der Waals surface area contributed by atoms with Crippen molar-refractivity contribution >= 4 is 0 Å². The number of aliphatic hydroxyl groups is 7. The second kappa shape index (κ2) is 7.63. The van der Waals surface area contributed by atoms with E-state index in [0.717, 1.165) is 0 Å². The van der Waals surface area contributed by atoms with Crippen LogP contribution < -0.4 is 5.73 Å². The summed E-state index contributed by atoms with van der Waals surface area (Å²) in [5, 5.41) is 67.3. The lowest BCUT2D eigenvalue weighted by molar-refractivity contribution is -0.340. The summed E-state index contributed by atoms with van der Waals surface area (Å²) in [6, 6.07) is -1.24. The molecule has 2 saturated heterocycles. The maximum atomic E-state index is 10.0. The maximum absolute atomic E-state index is 10.0. The van der Waals surface area contributed by atoms with E-state index < -0.39 is 74.6 Å². The monoisotopic (exact) mass is 341 g/mol. The highest BCUT2D eigenvalue weighted by Gasteiger charge is 2.49. The first-order chi connectivity index (χ1) is 10.8. The molecule has 0 aromatic heterocycles. The molecule has 2 aliphatic heterocycles. The van der Waals surface area contributed by atoms with Crippen LogP contribution in [0.2, 0.25) is 0 Å². The first kappa shape index (κ1) is 18.9. The fourth-order valence-corrected chi connectivity index (χ4v) is 2.61. The van der Waals surface area contributed by atoms with Crippen molar-refractivity contribution in [2.75, 3.05) is 13.2 Å². The summed E-state index contributed by atoms with van der Waals surface area (Å²) in [5.74, 6) is 0. The van der Waals surface area contributed by atoms with Gasteiger partial charge in [-0.25, -0.2) is 0 Å². The van der Waals surface area contributed by atoms with E-state index in [-0.39, 0.29) is 0 Å². The van der Waals surface area contributed by atoms with Gasteiger partial charge in [0.25, 0.3) is 0 Å². The lowest BCUT2D eigenvalue weighted by atomic mass is 9.96. The van der Waals surface area contributed by atoms with Crippen molar-refractivity contribution in [3.8, 4) is 0 Å². The molecule has 136 valence electrons. The molecule has 0 bridgehead atoms. The predicted molar refractivity (Wildman–Crippen MR) is 70.6 cm³/mol. The van der Waals surface area contributed by atoms with Gasteiger partial charge in [-0.3, -0.25) is 0 Å². The Morgan fingerprint density at radius 3 is 1.91 bits per heavy atom. The standard InChI is InChI=1S/C12H23NO10/c13-5-8(18)6(16)3(1-14)22-12(5)23-10-7(17)4(2-15)21-11(20)9(10)19/h3-12,14-20H,1-2,13H2/t3-,4-,5-,6+,7+,8-,9-,10+,11+,12+/m1/s1. The van der Waals surface area contributed by atoms with Crippen molar-refractivity contribution in [3.05, 3.63) is 0 Å². The summed E-state index contributed by atoms with van der Waals surface area (Å²) in [4.78, 5) is 0. The minimum atomic E-state index is -1.72. The Morgan fingerprint density at radius 2 is 1.35 bits per heavy atom. The van der Waals surface area contributed by atoms with E-state index in [0.29, 0.717) is 0 Å². The molecule has 0 aliphatic carbocycles. The molecule has 0 amide bonds. The van der Waals surface area contributed by atoms with Crippen LogP contribution in [0.25, 0.3) is 0 Å². The maximum Gasteiger partial charge on any atom is 0.184 e. The van der Waals surface area contributed by atoms with Gasteiger partial charge in [-0.1, -0.05) is 0 Å². The molecule has 11 heteroatoms. The molecule has 0 spiro atoms. The first-order valence-electron chi connectivity index (χ1n) is 7.15. The molecule has 0 saturated carbocycles. The third kappa shape index (κ3) is 3.65. The van der Waals surface area contributed by atoms with Crippen LogP contribution in [0.4, 0.5) is 0 Å². The second-order valence-corrected chi connectivity index (χ2v) is 5.61. The minimum Gasteiger partial charge on any atom is -0.394 e. The van der Waals surface area contributed by atoms with E-state index in [9.17, 15) is 25.5 Å². The van der Waals surface area contributed by atoms with E-state index in [4.69, 9.17) is 30.2 Å². The smallest absolute Gasteiger partial charge is 0.184 e. The average molecular weight is 341 g/mol.